The zero-order chi connectivity index (χ0) is 34.1. The van der Waals surface area contributed by atoms with Gasteiger partial charge in [0.05, 0.1) is 12.0 Å². The summed E-state index contributed by atoms with van der Waals surface area (Å²) in [5, 5.41) is 2.37. The molecule has 4 aromatic carbocycles. The minimum absolute atomic E-state index is 0.00177. The molecule has 3 aliphatic rings. The molecule has 9 heteroatoms. The van der Waals surface area contributed by atoms with Crippen molar-refractivity contribution in [2.75, 3.05) is 44.2 Å². The van der Waals surface area contributed by atoms with Crippen LogP contribution in [-0.4, -0.2) is 82.7 Å². The van der Waals surface area contributed by atoms with Gasteiger partial charge in [0, 0.05) is 68.1 Å². The Bertz CT molecular complexity index is 1930. The first-order chi connectivity index (χ1) is 24.5. The summed E-state index contributed by atoms with van der Waals surface area (Å²) < 4.78 is 0. The Hall–Kier alpha value is -5.12. The predicted molar refractivity (Wildman–Crippen MR) is 195 cm³/mol. The average Bonchev–Trinajstić information content (AvgIpc) is 3.75. The Morgan fingerprint density at radius 3 is 1.90 bits per heavy atom. The zero-order valence-corrected chi connectivity index (χ0v) is 28.7. The van der Waals surface area contributed by atoms with E-state index in [1.54, 1.807) is 6.20 Å². The third kappa shape index (κ3) is 6.12. The van der Waals surface area contributed by atoms with Crippen molar-refractivity contribution in [3.05, 3.63) is 154 Å². The number of hydrogen-bond acceptors (Lipinski definition) is 6. The number of hydrogen-bond donors (Lipinski definition) is 0. The molecule has 0 aliphatic carbocycles. The van der Waals surface area contributed by atoms with Gasteiger partial charge in [-0.15, -0.1) is 11.3 Å². The monoisotopic (exact) mass is 681 g/mol. The summed E-state index contributed by atoms with van der Waals surface area (Å²) in [5.41, 5.74) is 4.74. The lowest BCUT2D eigenvalue weighted by atomic mass is 9.72. The van der Waals surface area contributed by atoms with Crippen LogP contribution in [0.1, 0.15) is 42.4 Å². The molecule has 0 atom stereocenters. The Morgan fingerprint density at radius 2 is 1.32 bits per heavy atom. The van der Waals surface area contributed by atoms with Gasteiger partial charge in [0.15, 0.2) is 5.01 Å². The van der Waals surface area contributed by atoms with Crippen LogP contribution in [0.2, 0.25) is 0 Å². The highest BCUT2D eigenvalue weighted by molar-refractivity contribution is 7.11. The molecule has 8 rings (SSSR count). The van der Waals surface area contributed by atoms with Crippen LogP contribution in [0.3, 0.4) is 0 Å². The highest BCUT2D eigenvalue weighted by Crippen LogP contribution is 2.47. The van der Waals surface area contributed by atoms with Gasteiger partial charge < -0.3 is 14.7 Å². The van der Waals surface area contributed by atoms with E-state index in [1.165, 1.54) is 11.3 Å². The van der Waals surface area contributed by atoms with Crippen molar-refractivity contribution >= 4 is 34.7 Å². The molecule has 0 bridgehead atoms. The Kier molecular flexibility index (Phi) is 8.77. The standard InChI is InChI=1S/C41H39N5O3S/c47-38(45-28-34(29-45)43-19-21-44(22-20-43)39(48)37-42-18-23-50-37)33-16-17-36-35(24-33)41(25-30-10-4-1-5-11-30,26-31-12-6-2-7-13-31)40(49)46(36)27-32-14-8-3-9-15-32/h1-18,23-24,34H,19-22,25-29H2. The second-order valence-electron chi connectivity index (χ2n) is 13.5. The first kappa shape index (κ1) is 32.1. The second kappa shape index (κ2) is 13.7. The number of carbonyl (C=O) groups is 3. The van der Waals surface area contributed by atoms with E-state index >= 15 is 0 Å². The number of rotatable bonds is 9. The van der Waals surface area contributed by atoms with Crippen LogP contribution in [0.4, 0.5) is 5.69 Å². The number of piperazine rings is 1. The smallest absolute Gasteiger partial charge is 0.282 e. The molecule has 2 saturated heterocycles. The maximum atomic E-state index is 14.9. The van der Waals surface area contributed by atoms with Crippen molar-refractivity contribution in [1.29, 1.82) is 0 Å². The van der Waals surface area contributed by atoms with Crippen LogP contribution in [0, 0.1) is 0 Å². The lowest BCUT2D eigenvalue weighted by molar-refractivity contribution is -0.123. The van der Waals surface area contributed by atoms with E-state index in [9.17, 15) is 14.4 Å². The Balaban J connectivity index is 1.05. The van der Waals surface area contributed by atoms with Crippen LogP contribution in [0.25, 0.3) is 0 Å². The van der Waals surface area contributed by atoms with Crippen molar-refractivity contribution in [2.45, 2.75) is 30.8 Å². The van der Waals surface area contributed by atoms with Crippen LogP contribution >= 0.6 is 11.3 Å². The molecule has 2 fully saturated rings. The SMILES string of the molecule is O=C(c1ccc2c(c1)C(Cc1ccccc1)(Cc1ccccc1)C(=O)N2Cc1ccccc1)N1CC(N2CCN(C(=O)c3nccs3)CC2)C1. The second-order valence-corrected chi connectivity index (χ2v) is 14.4. The van der Waals surface area contributed by atoms with Crippen molar-refractivity contribution < 1.29 is 14.4 Å². The fraction of sp³-hybridized carbons (Fsp3) is 0.268. The fourth-order valence-electron chi connectivity index (χ4n) is 7.78. The van der Waals surface area contributed by atoms with Crippen LogP contribution in [-0.2, 0) is 29.6 Å². The van der Waals surface area contributed by atoms with Crippen molar-refractivity contribution in [2.24, 2.45) is 0 Å². The van der Waals surface area contributed by atoms with Crippen LogP contribution < -0.4 is 4.90 Å². The highest BCUT2D eigenvalue weighted by atomic mass is 32.1. The maximum absolute atomic E-state index is 14.9. The van der Waals surface area contributed by atoms with Gasteiger partial charge in [-0.25, -0.2) is 4.98 Å². The number of likely N-dealkylation sites (tertiary alicyclic amines) is 1. The number of carbonyl (C=O) groups excluding carboxylic acids is 3. The number of thiazole rings is 1. The number of benzene rings is 4. The largest absolute Gasteiger partial charge is 0.335 e. The van der Waals surface area contributed by atoms with Gasteiger partial charge in [-0.2, -0.15) is 0 Å². The Morgan fingerprint density at radius 1 is 0.720 bits per heavy atom. The zero-order valence-electron chi connectivity index (χ0n) is 27.9. The molecule has 0 unspecified atom stereocenters. The highest BCUT2D eigenvalue weighted by Gasteiger charge is 2.51. The van der Waals surface area contributed by atoms with Crippen molar-refractivity contribution in [3.8, 4) is 0 Å². The number of nitrogens with zero attached hydrogens (tertiary/aromatic N) is 5. The van der Waals surface area contributed by atoms with E-state index in [-0.39, 0.29) is 23.8 Å². The van der Waals surface area contributed by atoms with Gasteiger partial charge in [-0.05, 0) is 53.3 Å². The molecular formula is C41H39N5O3S. The van der Waals surface area contributed by atoms with E-state index in [2.05, 4.69) is 46.3 Å². The summed E-state index contributed by atoms with van der Waals surface area (Å²) in [4.78, 5) is 54.0. The van der Waals surface area contributed by atoms with E-state index in [0.29, 0.717) is 56.1 Å². The molecule has 0 saturated carbocycles. The number of fused-ring (bicyclic) bond motifs is 1. The Labute approximate surface area is 296 Å². The maximum Gasteiger partial charge on any atom is 0.282 e. The van der Waals surface area contributed by atoms with Gasteiger partial charge in [0.1, 0.15) is 0 Å². The molecule has 5 aromatic rings. The molecule has 3 aliphatic heterocycles. The third-order valence-electron chi connectivity index (χ3n) is 10.5. The topological polar surface area (TPSA) is 77.1 Å². The van der Waals surface area contributed by atoms with Gasteiger partial charge in [-0.1, -0.05) is 91.0 Å². The minimum atomic E-state index is -0.879. The van der Waals surface area contributed by atoms with Gasteiger partial charge in [0.2, 0.25) is 5.91 Å². The molecular weight excluding hydrogens is 643 g/mol. The summed E-state index contributed by atoms with van der Waals surface area (Å²) in [7, 11) is 0. The average molecular weight is 682 g/mol. The van der Waals surface area contributed by atoms with E-state index < -0.39 is 5.41 Å². The summed E-state index contributed by atoms with van der Waals surface area (Å²) >= 11 is 1.38. The van der Waals surface area contributed by atoms with Gasteiger partial charge >= 0.3 is 0 Å². The number of anilines is 1. The molecule has 0 N–H and O–H groups in total. The molecule has 4 heterocycles. The fourth-order valence-corrected chi connectivity index (χ4v) is 8.38. The number of aromatic nitrogens is 1. The first-order valence-corrected chi connectivity index (χ1v) is 18.2. The van der Waals surface area contributed by atoms with Crippen LogP contribution in [0.15, 0.2) is 121 Å². The van der Waals surface area contributed by atoms with Crippen molar-refractivity contribution in [1.82, 2.24) is 19.7 Å². The first-order valence-electron chi connectivity index (χ1n) is 17.3. The summed E-state index contributed by atoms with van der Waals surface area (Å²) in [6.07, 6.45) is 2.72. The molecule has 8 nitrogen and oxygen atoms in total. The van der Waals surface area contributed by atoms with Crippen molar-refractivity contribution in [3.63, 3.8) is 0 Å². The van der Waals surface area contributed by atoms with Gasteiger partial charge in [-0.3, -0.25) is 19.3 Å². The van der Waals surface area contributed by atoms with E-state index in [1.807, 2.05) is 92.9 Å². The molecule has 0 radical (unpaired) electrons. The third-order valence-corrected chi connectivity index (χ3v) is 11.2. The predicted octanol–water partition coefficient (Wildman–Crippen LogP) is 5.70. The van der Waals surface area contributed by atoms with E-state index in [0.717, 1.165) is 41.0 Å². The molecule has 0 spiro atoms. The van der Waals surface area contributed by atoms with E-state index in [4.69, 9.17) is 0 Å². The number of amides is 3. The summed E-state index contributed by atoms with van der Waals surface area (Å²) in [6.45, 7) is 4.64. The minimum Gasteiger partial charge on any atom is -0.335 e. The molecule has 1 aromatic heterocycles. The van der Waals surface area contributed by atoms with Crippen LogP contribution in [0.5, 0.6) is 0 Å². The lowest BCUT2D eigenvalue weighted by Crippen LogP contribution is -2.64. The lowest BCUT2D eigenvalue weighted by Gasteiger charge is -2.48. The summed E-state index contributed by atoms with van der Waals surface area (Å²) in [6, 6.07) is 36.7. The molecule has 50 heavy (non-hydrogen) atoms. The molecule has 252 valence electrons. The van der Waals surface area contributed by atoms with Gasteiger partial charge in [0.25, 0.3) is 11.8 Å². The molecule has 3 amide bonds. The summed E-state index contributed by atoms with van der Waals surface area (Å²) in [5.74, 6) is 0.0483. The quantitative estimate of drug-likeness (QED) is 0.200. The normalized spacial score (nSPS) is 17.4.